The zero-order valence-corrected chi connectivity index (χ0v) is 9.07. The van der Waals surface area contributed by atoms with Crippen LogP contribution in [0.1, 0.15) is 24.6 Å². The van der Waals surface area contributed by atoms with E-state index in [-0.39, 0.29) is 0 Å². The van der Waals surface area contributed by atoms with E-state index < -0.39 is 0 Å². The molecular formula is C12H15N3O. The zero-order valence-electron chi connectivity index (χ0n) is 9.07. The van der Waals surface area contributed by atoms with Crippen molar-refractivity contribution in [2.24, 2.45) is 0 Å². The first-order chi connectivity index (χ1) is 7.84. The van der Waals surface area contributed by atoms with Crippen molar-refractivity contribution in [3.8, 4) is 0 Å². The lowest BCUT2D eigenvalue weighted by Gasteiger charge is -2.19. The summed E-state index contributed by atoms with van der Waals surface area (Å²) in [5, 5.41) is 0. The fourth-order valence-corrected chi connectivity index (χ4v) is 2.24. The fraction of sp³-hybridized carbons (Fsp3) is 0.417. The highest BCUT2D eigenvalue weighted by Crippen LogP contribution is 2.27. The second-order valence-corrected chi connectivity index (χ2v) is 4.25. The van der Waals surface area contributed by atoms with Gasteiger partial charge < -0.3 is 15.5 Å². The van der Waals surface area contributed by atoms with Crippen LogP contribution in [0.15, 0.2) is 18.2 Å². The van der Waals surface area contributed by atoms with Crippen LogP contribution in [0.2, 0.25) is 0 Å². The maximum Gasteiger partial charge on any atom is 0.111 e. The quantitative estimate of drug-likeness (QED) is 0.718. The van der Waals surface area contributed by atoms with Gasteiger partial charge in [0.05, 0.1) is 11.2 Å². The van der Waals surface area contributed by atoms with Crippen LogP contribution in [0.25, 0.3) is 11.0 Å². The molecule has 1 aromatic heterocycles. The van der Waals surface area contributed by atoms with Gasteiger partial charge in [-0.1, -0.05) is 6.07 Å². The van der Waals surface area contributed by atoms with Crippen molar-refractivity contribution in [2.75, 3.05) is 18.9 Å². The third kappa shape index (κ3) is 1.55. The molecule has 3 rings (SSSR count). The third-order valence-electron chi connectivity index (χ3n) is 3.17. The van der Waals surface area contributed by atoms with Gasteiger partial charge in [-0.05, 0) is 25.0 Å². The summed E-state index contributed by atoms with van der Waals surface area (Å²) in [5.41, 5.74) is 8.56. The summed E-state index contributed by atoms with van der Waals surface area (Å²) in [6.07, 6.45) is 2.08. The number of aromatic amines is 1. The number of fused-ring (bicyclic) bond motifs is 1. The Hall–Kier alpha value is -1.55. The monoisotopic (exact) mass is 217 g/mol. The van der Waals surface area contributed by atoms with Crippen molar-refractivity contribution >= 4 is 16.7 Å². The standard InChI is InChI=1S/C12H15N3O/c13-9-2-1-3-10-11(9)15-12(14-10)8-4-6-16-7-5-8/h1-3,8H,4-7,13H2,(H,14,15). The number of ether oxygens (including phenoxy) is 1. The molecule has 0 bridgehead atoms. The molecule has 4 nitrogen and oxygen atoms in total. The lowest BCUT2D eigenvalue weighted by molar-refractivity contribution is 0.0838. The van der Waals surface area contributed by atoms with Crippen LogP contribution in [-0.2, 0) is 4.74 Å². The molecule has 1 aliphatic rings. The molecule has 84 valence electrons. The number of para-hydroxylation sites is 1. The molecular weight excluding hydrogens is 202 g/mol. The smallest absolute Gasteiger partial charge is 0.111 e. The van der Waals surface area contributed by atoms with Crippen molar-refractivity contribution in [1.82, 2.24) is 9.97 Å². The van der Waals surface area contributed by atoms with Gasteiger partial charge in [0.2, 0.25) is 0 Å². The Kier molecular flexibility index (Phi) is 2.29. The Morgan fingerprint density at radius 3 is 2.88 bits per heavy atom. The summed E-state index contributed by atoms with van der Waals surface area (Å²) in [7, 11) is 0. The molecule has 0 unspecified atom stereocenters. The van der Waals surface area contributed by atoms with E-state index in [0.717, 1.165) is 48.6 Å². The Labute approximate surface area is 93.8 Å². The van der Waals surface area contributed by atoms with E-state index in [1.54, 1.807) is 0 Å². The topological polar surface area (TPSA) is 63.9 Å². The molecule has 2 aromatic rings. The molecule has 1 aromatic carbocycles. The van der Waals surface area contributed by atoms with Gasteiger partial charge >= 0.3 is 0 Å². The molecule has 0 aliphatic carbocycles. The molecule has 1 aliphatic heterocycles. The predicted molar refractivity (Wildman–Crippen MR) is 63.3 cm³/mol. The van der Waals surface area contributed by atoms with Crippen molar-refractivity contribution in [3.05, 3.63) is 24.0 Å². The van der Waals surface area contributed by atoms with Gasteiger partial charge in [0, 0.05) is 19.1 Å². The largest absolute Gasteiger partial charge is 0.397 e. The second kappa shape index (κ2) is 3.79. The maximum absolute atomic E-state index is 5.89. The Morgan fingerprint density at radius 1 is 1.31 bits per heavy atom. The van der Waals surface area contributed by atoms with E-state index >= 15 is 0 Å². The van der Waals surface area contributed by atoms with Crippen LogP contribution in [0.4, 0.5) is 5.69 Å². The molecule has 0 radical (unpaired) electrons. The summed E-state index contributed by atoms with van der Waals surface area (Å²) in [6, 6.07) is 5.85. The summed E-state index contributed by atoms with van der Waals surface area (Å²) >= 11 is 0. The molecule has 1 saturated heterocycles. The van der Waals surface area contributed by atoms with Crippen molar-refractivity contribution in [1.29, 1.82) is 0 Å². The van der Waals surface area contributed by atoms with Crippen LogP contribution in [-0.4, -0.2) is 23.2 Å². The van der Waals surface area contributed by atoms with Gasteiger partial charge in [-0.3, -0.25) is 0 Å². The van der Waals surface area contributed by atoms with Gasteiger partial charge in [-0.25, -0.2) is 4.98 Å². The second-order valence-electron chi connectivity index (χ2n) is 4.25. The summed E-state index contributed by atoms with van der Waals surface area (Å²) in [4.78, 5) is 7.96. The molecule has 16 heavy (non-hydrogen) atoms. The van der Waals surface area contributed by atoms with Crippen LogP contribution in [0.5, 0.6) is 0 Å². The SMILES string of the molecule is Nc1cccc2[nH]c(C3CCOCC3)nc12. The van der Waals surface area contributed by atoms with Crippen molar-refractivity contribution in [2.45, 2.75) is 18.8 Å². The minimum Gasteiger partial charge on any atom is -0.397 e. The maximum atomic E-state index is 5.89. The first kappa shape index (κ1) is 9.66. The number of imidazole rings is 1. The van der Waals surface area contributed by atoms with Gasteiger partial charge in [0.15, 0.2) is 0 Å². The number of benzene rings is 1. The lowest BCUT2D eigenvalue weighted by atomic mass is 10.00. The first-order valence-corrected chi connectivity index (χ1v) is 5.66. The van der Waals surface area contributed by atoms with E-state index in [9.17, 15) is 0 Å². The molecule has 1 fully saturated rings. The van der Waals surface area contributed by atoms with Gasteiger partial charge in [0.1, 0.15) is 11.3 Å². The van der Waals surface area contributed by atoms with Crippen LogP contribution >= 0.6 is 0 Å². The van der Waals surface area contributed by atoms with Gasteiger partial charge in [0.25, 0.3) is 0 Å². The number of hydrogen-bond donors (Lipinski definition) is 2. The van der Waals surface area contributed by atoms with Crippen LogP contribution in [0.3, 0.4) is 0 Å². The van der Waals surface area contributed by atoms with E-state index in [0.29, 0.717) is 5.92 Å². The minimum absolute atomic E-state index is 0.487. The normalized spacial score (nSPS) is 18.0. The molecule has 0 saturated carbocycles. The predicted octanol–water partition coefficient (Wildman–Crippen LogP) is 2.04. The third-order valence-corrected chi connectivity index (χ3v) is 3.17. The number of nitrogens with two attached hydrogens (primary N) is 1. The van der Waals surface area contributed by atoms with E-state index in [4.69, 9.17) is 10.5 Å². The number of hydrogen-bond acceptors (Lipinski definition) is 3. The van der Waals surface area contributed by atoms with Gasteiger partial charge in [-0.15, -0.1) is 0 Å². The Bertz CT molecular complexity index is 500. The number of anilines is 1. The summed E-state index contributed by atoms with van der Waals surface area (Å²) in [5.74, 6) is 1.54. The average molecular weight is 217 g/mol. The number of nitrogens with one attached hydrogen (secondary N) is 1. The lowest BCUT2D eigenvalue weighted by Crippen LogP contribution is -2.15. The van der Waals surface area contributed by atoms with Crippen molar-refractivity contribution in [3.63, 3.8) is 0 Å². The van der Waals surface area contributed by atoms with E-state index in [1.807, 2.05) is 18.2 Å². The first-order valence-electron chi connectivity index (χ1n) is 5.66. The highest BCUT2D eigenvalue weighted by Gasteiger charge is 2.19. The molecule has 0 atom stereocenters. The zero-order chi connectivity index (χ0) is 11.0. The number of rotatable bonds is 1. The summed E-state index contributed by atoms with van der Waals surface area (Å²) in [6.45, 7) is 1.66. The van der Waals surface area contributed by atoms with Crippen LogP contribution < -0.4 is 5.73 Å². The Morgan fingerprint density at radius 2 is 2.12 bits per heavy atom. The minimum atomic E-state index is 0.487. The number of aromatic nitrogens is 2. The van der Waals surface area contributed by atoms with E-state index in [1.165, 1.54) is 0 Å². The highest BCUT2D eigenvalue weighted by atomic mass is 16.5. The number of nitrogens with zero attached hydrogens (tertiary/aromatic N) is 1. The van der Waals surface area contributed by atoms with Crippen LogP contribution in [0, 0.1) is 0 Å². The molecule has 3 N–H and O–H groups in total. The van der Waals surface area contributed by atoms with E-state index in [2.05, 4.69) is 9.97 Å². The number of H-pyrrole nitrogens is 1. The summed E-state index contributed by atoms with van der Waals surface area (Å²) < 4.78 is 5.35. The van der Waals surface area contributed by atoms with Crippen molar-refractivity contribution < 1.29 is 4.74 Å². The van der Waals surface area contributed by atoms with Gasteiger partial charge in [-0.2, -0.15) is 0 Å². The molecule has 4 heteroatoms. The fourth-order valence-electron chi connectivity index (χ4n) is 2.24. The molecule has 0 amide bonds. The highest BCUT2D eigenvalue weighted by molar-refractivity contribution is 5.86. The number of nitrogen functional groups attached to an aromatic ring is 1. The average Bonchev–Trinajstić information content (AvgIpc) is 2.76. The molecule has 2 heterocycles. The Balaban J connectivity index is 2.01. The molecule has 0 spiro atoms.